The van der Waals surface area contributed by atoms with Crippen LogP contribution in [0.2, 0.25) is 5.02 Å². The van der Waals surface area contributed by atoms with Gasteiger partial charge in [0.1, 0.15) is 5.65 Å². The van der Waals surface area contributed by atoms with Crippen molar-refractivity contribution in [3.8, 4) is 5.82 Å². The molecule has 0 spiro atoms. The summed E-state index contributed by atoms with van der Waals surface area (Å²) in [7, 11) is 0. The molecule has 0 bridgehead atoms. The Morgan fingerprint density at radius 2 is 2.19 bits per heavy atom. The number of hydrogen-bond acceptors (Lipinski definition) is 3. The molecule has 1 atom stereocenters. The summed E-state index contributed by atoms with van der Waals surface area (Å²) in [5.74, 6) is 0.792. The van der Waals surface area contributed by atoms with Crippen molar-refractivity contribution in [1.82, 2.24) is 19.2 Å². The number of nitrogens with zero attached hydrogens (tertiary/aromatic N) is 4. The maximum atomic E-state index is 6.14. The summed E-state index contributed by atoms with van der Waals surface area (Å²) < 4.78 is 3.80. The maximum Gasteiger partial charge on any atom is 0.175 e. The normalized spacial score (nSPS) is 13.0. The van der Waals surface area contributed by atoms with Gasteiger partial charge < -0.3 is 10.1 Å². The summed E-state index contributed by atoms with van der Waals surface area (Å²) in [6.45, 7) is 3.97. The Morgan fingerprint density at radius 3 is 2.86 bits per heavy atom. The lowest BCUT2D eigenvalue weighted by atomic mass is 10.1. The summed E-state index contributed by atoms with van der Waals surface area (Å²) in [5.41, 5.74) is 8.87. The Morgan fingerprint density at radius 1 is 1.38 bits per heavy atom. The first kappa shape index (κ1) is 14.1. The number of fused-ring (bicyclic) bond motifs is 1. The molecule has 0 fully saturated rings. The molecular weight excluding hydrogens is 286 g/mol. The minimum atomic E-state index is 0.0935. The fourth-order valence-corrected chi connectivity index (χ4v) is 2.48. The van der Waals surface area contributed by atoms with E-state index in [4.69, 9.17) is 17.3 Å². The number of halogens is 1. The van der Waals surface area contributed by atoms with Crippen LogP contribution in [-0.2, 0) is 6.42 Å². The molecule has 0 radical (unpaired) electrons. The Hall–Kier alpha value is -1.85. The molecule has 6 heteroatoms. The summed E-state index contributed by atoms with van der Waals surface area (Å²) in [4.78, 5) is 4.67. The van der Waals surface area contributed by atoms with Crippen LogP contribution in [0.4, 0.5) is 0 Å². The lowest BCUT2D eigenvalue weighted by Gasteiger charge is -2.10. The number of hydrogen-bond donors (Lipinski definition) is 1. The monoisotopic (exact) mass is 303 g/mol. The second-order valence-corrected chi connectivity index (χ2v) is 5.60. The molecule has 5 nitrogen and oxygen atoms in total. The smallest absolute Gasteiger partial charge is 0.175 e. The lowest BCUT2D eigenvalue weighted by Crippen LogP contribution is -2.23. The minimum Gasteiger partial charge on any atom is -0.327 e. The van der Waals surface area contributed by atoms with Gasteiger partial charge in [-0.05, 0) is 25.5 Å². The van der Waals surface area contributed by atoms with Gasteiger partial charge in [0, 0.05) is 18.7 Å². The van der Waals surface area contributed by atoms with E-state index in [1.807, 2.05) is 31.3 Å². The summed E-state index contributed by atoms with van der Waals surface area (Å²) >= 11 is 6.12. The zero-order valence-electron chi connectivity index (χ0n) is 12.1. The average Bonchev–Trinajstić information content (AvgIpc) is 3.00. The van der Waals surface area contributed by atoms with Gasteiger partial charge in [0.2, 0.25) is 0 Å². The van der Waals surface area contributed by atoms with Gasteiger partial charge in [-0.15, -0.1) is 0 Å². The van der Waals surface area contributed by atoms with Gasteiger partial charge in [-0.3, -0.25) is 0 Å². The SMILES string of the molecule is CCC(N)Cc1c(-n2cc(Cl)c(C)n2)nc2ccccn12. The number of aryl methyl sites for hydroxylation is 1. The van der Waals surface area contributed by atoms with Gasteiger partial charge in [-0.25, -0.2) is 9.67 Å². The zero-order valence-corrected chi connectivity index (χ0v) is 12.9. The summed E-state index contributed by atoms with van der Waals surface area (Å²) in [6, 6.07) is 6.02. The third kappa shape index (κ3) is 2.54. The first-order valence-corrected chi connectivity index (χ1v) is 7.41. The molecule has 3 aromatic heterocycles. The molecule has 0 aliphatic carbocycles. The summed E-state index contributed by atoms with van der Waals surface area (Å²) in [6.07, 6.45) is 5.45. The van der Waals surface area contributed by atoms with E-state index in [1.165, 1.54) is 0 Å². The number of pyridine rings is 1. The van der Waals surface area contributed by atoms with Crippen molar-refractivity contribution >= 4 is 17.2 Å². The number of aromatic nitrogens is 4. The van der Waals surface area contributed by atoms with Crippen molar-refractivity contribution < 1.29 is 0 Å². The molecule has 21 heavy (non-hydrogen) atoms. The van der Waals surface area contributed by atoms with E-state index in [0.29, 0.717) is 5.02 Å². The molecule has 3 heterocycles. The number of rotatable bonds is 4. The molecule has 0 saturated carbocycles. The zero-order chi connectivity index (χ0) is 15.0. The largest absolute Gasteiger partial charge is 0.327 e. The van der Waals surface area contributed by atoms with Crippen molar-refractivity contribution in [3.05, 3.63) is 47.0 Å². The van der Waals surface area contributed by atoms with Crippen LogP contribution in [0, 0.1) is 6.92 Å². The molecule has 3 aromatic rings. The minimum absolute atomic E-state index is 0.0935. The average molecular weight is 304 g/mol. The highest BCUT2D eigenvalue weighted by Crippen LogP contribution is 2.21. The standard InChI is InChI=1S/C15H18ClN5/c1-3-11(17)8-13-15(21-9-12(16)10(2)19-21)18-14-6-4-5-7-20(13)14/h4-7,9,11H,3,8,17H2,1-2H3. The highest BCUT2D eigenvalue weighted by atomic mass is 35.5. The van der Waals surface area contributed by atoms with Gasteiger partial charge in [0.15, 0.2) is 5.82 Å². The van der Waals surface area contributed by atoms with Crippen molar-refractivity contribution in [2.24, 2.45) is 5.73 Å². The molecular formula is C15H18ClN5. The molecule has 0 aliphatic rings. The highest BCUT2D eigenvalue weighted by Gasteiger charge is 2.17. The third-order valence-electron chi connectivity index (χ3n) is 3.64. The Balaban J connectivity index is 2.18. The van der Waals surface area contributed by atoms with Gasteiger partial charge in [-0.1, -0.05) is 24.6 Å². The van der Waals surface area contributed by atoms with E-state index < -0.39 is 0 Å². The van der Waals surface area contributed by atoms with E-state index in [2.05, 4.69) is 21.4 Å². The van der Waals surface area contributed by atoms with Crippen molar-refractivity contribution in [3.63, 3.8) is 0 Å². The molecule has 0 aliphatic heterocycles. The topological polar surface area (TPSA) is 61.1 Å². The van der Waals surface area contributed by atoms with Gasteiger partial charge >= 0.3 is 0 Å². The highest BCUT2D eigenvalue weighted by molar-refractivity contribution is 6.31. The Labute approximate surface area is 128 Å². The fraction of sp³-hybridized carbons (Fsp3) is 0.333. The molecule has 110 valence electrons. The maximum absolute atomic E-state index is 6.14. The summed E-state index contributed by atoms with van der Waals surface area (Å²) in [5, 5.41) is 5.07. The van der Waals surface area contributed by atoms with Crippen molar-refractivity contribution in [2.45, 2.75) is 32.7 Å². The van der Waals surface area contributed by atoms with E-state index in [0.717, 1.165) is 35.7 Å². The van der Waals surface area contributed by atoms with Crippen molar-refractivity contribution in [1.29, 1.82) is 0 Å². The molecule has 0 amide bonds. The Bertz CT molecular complexity index is 754. The van der Waals surface area contributed by atoms with Gasteiger partial charge in [0.05, 0.1) is 22.6 Å². The van der Waals surface area contributed by atoms with Crippen LogP contribution < -0.4 is 5.73 Å². The Kier molecular flexibility index (Phi) is 3.69. The molecule has 3 rings (SSSR count). The van der Waals surface area contributed by atoms with Crippen LogP contribution >= 0.6 is 11.6 Å². The first-order chi connectivity index (χ1) is 10.1. The lowest BCUT2D eigenvalue weighted by molar-refractivity contribution is 0.629. The number of imidazole rings is 1. The van der Waals surface area contributed by atoms with Gasteiger partial charge in [0.25, 0.3) is 0 Å². The van der Waals surface area contributed by atoms with Crippen LogP contribution in [0.3, 0.4) is 0 Å². The second-order valence-electron chi connectivity index (χ2n) is 5.19. The molecule has 0 saturated heterocycles. The molecule has 2 N–H and O–H groups in total. The fourth-order valence-electron chi connectivity index (χ4n) is 2.35. The van der Waals surface area contributed by atoms with Crippen LogP contribution in [0.5, 0.6) is 0 Å². The number of nitrogens with two attached hydrogens (primary N) is 1. The molecule has 0 aromatic carbocycles. The van der Waals surface area contributed by atoms with E-state index in [9.17, 15) is 0 Å². The quantitative estimate of drug-likeness (QED) is 0.806. The van der Waals surface area contributed by atoms with E-state index >= 15 is 0 Å². The predicted octanol–water partition coefficient (Wildman–Crippen LogP) is 2.76. The van der Waals surface area contributed by atoms with Crippen LogP contribution in [0.25, 0.3) is 11.5 Å². The third-order valence-corrected chi connectivity index (χ3v) is 4.01. The molecule has 1 unspecified atom stereocenters. The predicted molar refractivity (Wildman–Crippen MR) is 84.0 cm³/mol. The first-order valence-electron chi connectivity index (χ1n) is 7.03. The van der Waals surface area contributed by atoms with Crippen molar-refractivity contribution in [2.75, 3.05) is 0 Å². The van der Waals surface area contributed by atoms with Crippen LogP contribution in [0.15, 0.2) is 30.6 Å². The van der Waals surface area contributed by atoms with Crippen LogP contribution in [0.1, 0.15) is 24.7 Å². The van der Waals surface area contributed by atoms with E-state index in [-0.39, 0.29) is 6.04 Å². The van der Waals surface area contributed by atoms with Crippen LogP contribution in [-0.4, -0.2) is 25.2 Å². The van der Waals surface area contributed by atoms with E-state index in [1.54, 1.807) is 10.9 Å². The van der Waals surface area contributed by atoms with Gasteiger partial charge in [-0.2, -0.15) is 5.10 Å². The second kappa shape index (κ2) is 5.50.